The molecule has 1 aromatic rings. The first-order valence-corrected chi connectivity index (χ1v) is 4.64. The van der Waals surface area contributed by atoms with E-state index < -0.39 is 23.5 Å². The minimum Gasteiger partial charge on any atom is -0.351 e. The van der Waals surface area contributed by atoms with Gasteiger partial charge in [0, 0.05) is 5.69 Å². The van der Waals surface area contributed by atoms with Crippen LogP contribution in [0.15, 0.2) is 18.2 Å². The van der Waals surface area contributed by atoms with Crippen LogP contribution in [0.3, 0.4) is 0 Å². The Hall–Kier alpha value is -1.63. The van der Waals surface area contributed by atoms with E-state index in [0.29, 0.717) is 12.1 Å². The monoisotopic (exact) mass is 249 g/mol. The normalized spacial score (nSPS) is 16.7. The number of ether oxygens (including phenoxy) is 1. The van der Waals surface area contributed by atoms with Crippen molar-refractivity contribution in [2.45, 2.75) is 6.18 Å². The molecule has 3 nitrogen and oxygen atoms in total. The summed E-state index contributed by atoms with van der Waals surface area (Å²) >= 11 is 0. The van der Waals surface area contributed by atoms with Crippen molar-refractivity contribution in [1.29, 1.82) is 0 Å². The summed E-state index contributed by atoms with van der Waals surface area (Å²) in [5, 5.41) is 0. The summed E-state index contributed by atoms with van der Waals surface area (Å²) in [4.78, 5) is 12.3. The topological polar surface area (TPSA) is 29.5 Å². The second-order valence-corrected chi connectivity index (χ2v) is 3.46. The van der Waals surface area contributed by atoms with Crippen molar-refractivity contribution >= 4 is 11.6 Å². The Balaban J connectivity index is 2.41. The van der Waals surface area contributed by atoms with Crippen molar-refractivity contribution in [2.24, 2.45) is 0 Å². The van der Waals surface area contributed by atoms with E-state index in [1.54, 1.807) is 0 Å². The van der Waals surface area contributed by atoms with Crippen LogP contribution < -0.4 is 4.90 Å². The quantitative estimate of drug-likeness (QED) is 0.714. The first-order chi connectivity index (χ1) is 7.89. The van der Waals surface area contributed by atoms with Crippen molar-refractivity contribution in [3.05, 3.63) is 29.6 Å². The van der Waals surface area contributed by atoms with Crippen LogP contribution in [0.25, 0.3) is 0 Å². The van der Waals surface area contributed by atoms with Crippen molar-refractivity contribution in [2.75, 3.05) is 18.2 Å². The molecule has 0 aliphatic carbocycles. The van der Waals surface area contributed by atoms with E-state index in [1.165, 1.54) is 0 Å². The van der Waals surface area contributed by atoms with E-state index in [1.807, 2.05) is 0 Å². The third-order valence-corrected chi connectivity index (χ3v) is 2.31. The van der Waals surface area contributed by atoms with Gasteiger partial charge in [0.15, 0.2) is 0 Å². The van der Waals surface area contributed by atoms with Gasteiger partial charge in [-0.05, 0) is 18.2 Å². The number of amides is 1. The lowest BCUT2D eigenvalue weighted by molar-refractivity contribution is -0.140. The SMILES string of the molecule is O=C1COCN1c1ccc(F)c(C(F)(F)F)c1. The summed E-state index contributed by atoms with van der Waals surface area (Å²) in [7, 11) is 0. The van der Waals surface area contributed by atoms with Gasteiger partial charge in [-0.2, -0.15) is 13.2 Å². The number of rotatable bonds is 1. The highest BCUT2D eigenvalue weighted by molar-refractivity contribution is 5.95. The molecule has 92 valence electrons. The van der Waals surface area contributed by atoms with Gasteiger partial charge in [0.25, 0.3) is 5.91 Å². The first-order valence-electron chi connectivity index (χ1n) is 4.64. The maximum absolute atomic E-state index is 13.0. The third-order valence-electron chi connectivity index (χ3n) is 2.31. The number of anilines is 1. The molecule has 0 spiro atoms. The highest BCUT2D eigenvalue weighted by Gasteiger charge is 2.35. The van der Waals surface area contributed by atoms with Crippen LogP contribution in [0.4, 0.5) is 23.2 Å². The second kappa shape index (κ2) is 3.99. The van der Waals surface area contributed by atoms with Crippen LogP contribution >= 0.6 is 0 Å². The molecule has 0 atom stereocenters. The minimum atomic E-state index is -4.79. The molecule has 1 saturated heterocycles. The van der Waals surface area contributed by atoms with Crippen molar-refractivity contribution in [1.82, 2.24) is 0 Å². The lowest BCUT2D eigenvalue weighted by atomic mass is 10.1. The largest absolute Gasteiger partial charge is 0.419 e. The fourth-order valence-corrected chi connectivity index (χ4v) is 1.49. The van der Waals surface area contributed by atoms with E-state index in [-0.39, 0.29) is 19.0 Å². The Morgan fingerprint density at radius 2 is 2.00 bits per heavy atom. The van der Waals surface area contributed by atoms with Gasteiger partial charge in [-0.3, -0.25) is 9.69 Å². The van der Waals surface area contributed by atoms with Gasteiger partial charge < -0.3 is 4.74 Å². The molecule has 1 aliphatic rings. The Labute approximate surface area is 93.6 Å². The van der Waals surface area contributed by atoms with Crippen LogP contribution in [-0.2, 0) is 15.7 Å². The van der Waals surface area contributed by atoms with Gasteiger partial charge in [-0.1, -0.05) is 0 Å². The highest BCUT2D eigenvalue weighted by atomic mass is 19.4. The summed E-state index contributed by atoms with van der Waals surface area (Å²) in [6.07, 6.45) is -4.79. The fourth-order valence-electron chi connectivity index (χ4n) is 1.49. The van der Waals surface area contributed by atoms with E-state index in [9.17, 15) is 22.4 Å². The van der Waals surface area contributed by atoms with E-state index in [4.69, 9.17) is 4.74 Å². The van der Waals surface area contributed by atoms with Crippen LogP contribution in [0.1, 0.15) is 5.56 Å². The average molecular weight is 249 g/mol. The lowest BCUT2D eigenvalue weighted by Gasteiger charge is -2.16. The number of hydrogen-bond acceptors (Lipinski definition) is 2. The van der Waals surface area contributed by atoms with Crippen LogP contribution in [-0.4, -0.2) is 19.2 Å². The molecule has 1 fully saturated rings. The summed E-state index contributed by atoms with van der Waals surface area (Å²) in [5.41, 5.74) is -1.42. The molecular weight excluding hydrogens is 242 g/mol. The van der Waals surface area contributed by atoms with E-state index >= 15 is 0 Å². The Kier molecular flexibility index (Phi) is 2.78. The lowest BCUT2D eigenvalue weighted by Crippen LogP contribution is -2.25. The van der Waals surface area contributed by atoms with Gasteiger partial charge in [0.05, 0.1) is 5.56 Å². The average Bonchev–Trinajstić information content (AvgIpc) is 2.63. The molecule has 1 aromatic carbocycles. The number of carbonyl (C=O) groups is 1. The maximum Gasteiger partial charge on any atom is 0.419 e. The Morgan fingerprint density at radius 3 is 2.53 bits per heavy atom. The zero-order chi connectivity index (χ0) is 12.6. The summed E-state index contributed by atoms with van der Waals surface area (Å²) < 4.78 is 55.1. The van der Waals surface area contributed by atoms with Crippen LogP contribution in [0, 0.1) is 5.82 Å². The molecule has 0 bridgehead atoms. The molecule has 0 unspecified atom stereocenters. The molecule has 1 heterocycles. The van der Waals surface area contributed by atoms with Gasteiger partial charge in [0.1, 0.15) is 19.2 Å². The van der Waals surface area contributed by atoms with Gasteiger partial charge >= 0.3 is 6.18 Å². The fraction of sp³-hybridized carbons (Fsp3) is 0.300. The molecule has 2 rings (SSSR count). The molecule has 17 heavy (non-hydrogen) atoms. The molecule has 1 amide bonds. The summed E-state index contributed by atoms with van der Waals surface area (Å²) in [6.45, 7) is -0.305. The van der Waals surface area contributed by atoms with Crippen molar-refractivity contribution in [3.63, 3.8) is 0 Å². The van der Waals surface area contributed by atoms with E-state index in [2.05, 4.69) is 0 Å². The molecular formula is C10H7F4NO2. The van der Waals surface area contributed by atoms with Gasteiger partial charge in [0.2, 0.25) is 0 Å². The molecule has 7 heteroatoms. The Morgan fingerprint density at radius 1 is 1.29 bits per heavy atom. The predicted molar refractivity (Wildman–Crippen MR) is 49.7 cm³/mol. The van der Waals surface area contributed by atoms with Gasteiger partial charge in [-0.25, -0.2) is 4.39 Å². The van der Waals surface area contributed by atoms with Crippen LogP contribution in [0.5, 0.6) is 0 Å². The number of halogens is 4. The van der Waals surface area contributed by atoms with Gasteiger partial charge in [-0.15, -0.1) is 0 Å². The Bertz CT molecular complexity index is 458. The third kappa shape index (κ3) is 2.23. The second-order valence-electron chi connectivity index (χ2n) is 3.46. The number of benzene rings is 1. The van der Waals surface area contributed by atoms with E-state index in [0.717, 1.165) is 11.0 Å². The number of nitrogens with zero attached hydrogens (tertiary/aromatic N) is 1. The summed E-state index contributed by atoms with van der Waals surface area (Å²) in [6, 6.07) is 2.39. The predicted octanol–water partition coefficient (Wildman–Crippen LogP) is 2.17. The zero-order valence-corrected chi connectivity index (χ0v) is 8.42. The maximum atomic E-state index is 13.0. The highest BCUT2D eigenvalue weighted by Crippen LogP contribution is 2.34. The summed E-state index contributed by atoms with van der Waals surface area (Å²) in [5.74, 6) is -1.82. The number of alkyl halides is 3. The smallest absolute Gasteiger partial charge is 0.351 e. The van der Waals surface area contributed by atoms with Crippen molar-refractivity contribution < 1.29 is 27.1 Å². The van der Waals surface area contributed by atoms with Crippen LogP contribution in [0.2, 0.25) is 0 Å². The zero-order valence-electron chi connectivity index (χ0n) is 8.42. The molecule has 0 N–H and O–H groups in total. The number of carbonyl (C=O) groups excluding carboxylic acids is 1. The molecule has 0 aromatic heterocycles. The first kappa shape index (κ1) is 11.8. The number of hydrogen-bond donors (Lipinski definition) is 0. The minimum absolute atomic E-state index is 0.0266. The molecule has 0 radical (unpaired) electrons. The molecule has 0 saturated carbocycles. The molecule has 1 aliphatic heterocycles. The van der Waals surface area contributed by atoms with Crippen molar-refractivity contribution in [3.8, 4) is 0 Å². The standard InChI is InChI=1S/C10H7F4NO2/c11-8-2-1-6(3-7(8)10(12,13)14)15-5-17-4-9(15)16/h1-3H,4-5H2.